The lowest BCUT2D eigenvalue weighted by molar-refractivity contribution is 1.18. The molecule has 1 aromatic heterocycles. The molecule has 0 aliphatic heterocycles. The molecule has 4 aromatic carbocycles. The number of nitrogens with zero attached hydrogens (tertiary/aromatic N) is 1. The largest absolute Gasteiger partial charge is 0.309 e. The number of fused-ring (bicyclic) bond motifs is 3. The molecule has 0 atom stereocenters. The number of hydrogen-bond donors (Lipinski definition) is 0. The minimum atomic E-state index is 1.14. The van der Waals surface area contributed by atoms with E-state index in [2.05, 4.69) is 108 Å². The van der Waals surface area contributed by atoms with Gasteiger partial charge in [0.15, 0.2) is 0 Å². The summed E-state index contributed by atoms with van der Waals surface area (Å²) in [5.74, 6) is 0. The van der Waals surface area contributed by atoms with E-state index in [1.54, 1.807) is 0 Å². The van der Waals surface area contributed by atoms with E-state index >= 15 is 0 Å². The summed E-state index contributed by atoms with van der Waals surface area (Å²) in [6, 6.07) is 34.5. The Balaban J connectivity index is 1.65. The third-order valence-corrected chi connectivity index (χ3v) is 5.19. The first-order valence-corrected chi connectivity index (χ1v) is 9.17. The third-order valence-electron chi connectivity index (χ3n) is 5.19. The molecule has 0 aliphatic carbocycles. The smallest absolute Gasteiger partial charge is 0.0541 e. The lowest BCUT2D eigenvalue weighted by Crippen LogP contribution is -1.93. The van der Waals surface area contributed by atoms with Crippen LogP contribution in [0.5, 0.6) is 0 Å². The zero-order chi connectivity index (χ0) is 18.2. The maximum atomic E-state index is 3.82. The van der Waals surface area contributed by atoms with Gasteiger partial charge in [0.05, 0.1) is 11.0 Å². The molecule has 27 heavy (non-hydrogen) atoms. The minimum absolute atomic E-state index is 1.14. The third kappa shape index (κ3) is 2.56. The monoisotopic (exact) mass is 345 g/mol. The Morgan fingerprint density at radius 1 is 0.556 bits per heavy atom. The van der Waals surface area contributed by atoms with Gasteiger partial charge in [0.25, 0.3) is 0 Å². The molecule has 128 valence electrons. The van der Waals surface area contributed by atoms with Gasteiger partial charge in [-0.3, -0.25) is 0 Å². The van der Waals surface area contributed by atoms with Crippen molar-refractivity contribution in [1.29, 1.82) is 0 Å². The minimum Gasteiger partial charge on any atom is -0.309 e. The molecular formula is C26H19N. The quantitative estimate of drug-likeness (QED) is 0.329. The molecular weight excluding hydrogens is 326 g/mol. The molecule has 0 radical (unpaired) electrons. The van der Waals surface area contributed by atoms with Gasteiger partial charge in [-0.25, -0.2) is 0 Å². The van der Waals surface area contributed by atoms with Crippen LogP contribution in [0.25, 0.3) is 44.7 Å². The highest BCUT2D eigenvalue weighted by Gasteiger charge is 2.11. The highest BCUT2D eigenvalue weighted by atomic mass is 15.0. The van der Waals surface area contributed by atoms with Crippen LogP contribution in [0.2, 0.25) is 0 Å². The van der Waals surface area contributed by atoms with Gasteiger partial charge in [0.1, 0.15) is 0 Å². The second-order valence-electron chi connectivity index (χ2n) is 6.74. The number of benzene rings is 4. The van der Waals surface area contributed by atoms with Gasteiger partial charge in [-0.2, -0.15) is 0 Å². The van der Waals surface area contributed by atoms with Gasteiger partial charge in [-0.05, 0) is 41.0 Å². The van der Waals surface area contributed by atoms with E-state index in [0.29, 0.717) is 0 Å². The van der Waals surface area contributed by atoms with E-state index in [9.17, 15) is 0 Å². The summed E-state index contributed by atoms with van der Waals surface area (Å²) in [6.45, 7) is 3.82. The first kappa shape index (κ1) is 15.7. The lowest BCUT2D eigenvalue weighted by Gasteiger charge is -2.09. The van der Waals surface area contributed by atoms with Gasteiger partial charge in [-0.1, -0.05) is 85.5 Å². The first-order chi connectivity index (χ1) is 13.3. The van der Waals surface area contributed by atoms with Gasteiger partial charge in [-0.15, -0.1) is 0 Å². The van der Waals surface area contributed by atoms with Crippen LogP contribution in [0.4, 0.5) is 0 Å². The van der Waals surface area contributed by atoms with E-state index in [1.165, 1.54) is 38.6 Å². The average Bonchev–Trinajstić information content (AvgIpc) is 3.08. The van der Waals surface area contributed by atoms with Crippen LogP contribution >= 0.6 is 0 Å². The maximum absolute atomic E-state index is 3.82. The lowest BCUT2D eigenvalue weighted by atomic mass is 10.0. The van der Waals surface area contributed by atoms with Crippen LogP contribution in [-0.2, 0) is 0 Å². The van der Waals surface area contributed by atoms with E-state index in [1.807, 2.05) is 6.08 Å². The summed E-state index contributed by atoms with van der Waals surface area (Å²) in [7, 11) is 0. The maximum Gasteiger partial charge on any atom is 0.0541 e. The Morgan fingerprint density at radius 3 is 1.56 bits per heavy atom. The van der Waals surface area contributed by atoms with Crippen LogP contribution in [0.15, 0.2) is 104 Å². The summed E-state index contributed by atoms with van der Waals surface area (Å²) in [6.07, 6.45) is 1.87. The molecule has 1 heteroatoms. The van der Waals surface area contributed by atoms with Crippen molar-refractivity contribution in [2.45, 2.75) is 0 Å². The molecule has 1 nitrogen and oxygen atoms in total. The van der Waals surface area contributed by atoms with Crippen molar-refractivity contribution >= 4 is 27.9 Å². The van der Waals surface area contributed by atoms with Crippen molar-refractivity contribution in [3.8, 4) is 16.8 Å². The van der Waals surface area contributed by atoms with Crippen LogP contribution < -0.4 is 0 Å². The average molecular weight is 345 g/mol. The summed E-state index contributed by atoms with van der Waals surface area (Å²) in [5.41, 5.74) is 7.23. The summed E-state index contributed by atoms with van der Waals surface area (Å²) >= 11 is 0. The fourth-order valence-electron chi connectivity index (χ4n) is 3.82. The van der Waals surface area contributed by atoms with E-state index in [-0.39, 0.29) is 0 Å². The number of hydrogen-bond acceptors (Lipinski definition) is 0. The molecule has 0 saturated carbocycles. The van der Waals surface area contributed by atoms with Crippen molar-refractivity contribution in [1.82, 2.24) is 4.57 Å². The highest BCUT2D eigenvalue weighted by molar-refractivity contribution is 6.09. The molecule has 1 heterocycles. The summed E-state index contributed by atoms with van der Waals surface area (Å²) in [5, 5.41) is 2.58. The molecule has 0 saturated heterocycles. The summed E-state index contributed by atoms with van der Waals surface area (Å²) in [4.78, 5) is 0. The van der Waals surface area contributed by atoms with Gasteiger partial charge >= 0.3 is 0 Å². The van der Waals surface area contributed by atoms with Crippen LogP contribution in [-0.4, -0.2) is 4.57 Å². The number of para-hydroxylation sites is 2. The van der Waals surface area contributed by atoms with Crippen molar-refractivity contribution < 1.29 is 0 Å². The van der Waals surface area contributed by atoms with Crippen molar-refractivity contribution in [2.24, 2.45) is 0 Å². The van der Waals surface area contributed by atoms with Gasteiger partial charge < -0.3 is 4.57 Å². The molecule has 0 aliphatic rings. The van der Waals surface area contributed by atoms with Crippen molar-refractivity contribution in [2.75, 3.05) is 0 Å². The second-order valence-corrected chi connectivity index (χ2v) is 6.74. The molecule has 0 N–H and O–H groups in total. The molecule has 5 aromatic rings. The molecule has 0 fully saturated rings. The molecule has 0 unspecified atom stereocenters. The van der Waals surface area contributed by atoms with E-state index < -0.39 is 0 Å². The zero-order valence-electron chi connectivity index (χ0n) is 15.0. The van der Waals surface area contributed by atoms with Gasteiger partial charge in [0, 0.05) is 16.5 Å². The predicted octanol–water partition coefficient (Wildman–Crippen LogP) is 7.09. The molecule has 0 spiro atoms. The van der Waals surface area contributed by atoms with Gasteiger partial charge in [0.2, 0.25) is 0 Å². The fourth-order valence-corrected chi connectivity index (χ4v) is 3.82. The Hall–Kier alpha value is -3.58. The number of aromatic nitrogens is 1. The molecule has 0 amide bonds. The van der Waals surface area contributed by atoms with E-state index in [0.717, 1.165) is 5.56 Å². The van der Waals surface area contributed by atoms with Crippen LogP contribution in [0.3, 0.4) is 0 Å². The fraction of sp³-hybridized carbons (Fsp3) is 0. The van der Waals surface area contributed by atoms with Crippen LogP contribution in [0, 0.1) is 0 Å². The SMILES string of the molecule is C=Cc1ccc(-c2ccc(-n3c4ccccc4c4ccccc43)cc2)cc1. The zero-order valence-corrected chi connectivity index (χ0v) is 15.0. The van der Waals surface area contributed by atoms with Crippen LogP contribution in [0.1, 0.15) is 5.56 Å². The normalized spacial score (nSPS) is 11.1. The first-order valence-electron chi connectivity index (χ1n) is 9.17. The number of rotatable bonds is 3. The highest BCUT2D eigenvalue weighted by Crippen LogP contribution is 2.32. The predicted molar refractivity (Wildman–Crippen MR) is 116 cm³/mol. The Kier molecular flexibility index (Phi) is 3.65. The van der Waals surface area contributed by atoms with Crippen molar-refractivity contribution in [3.05, 3.63) is 109 Å². The molecule has 5 rings (SSSR count). The Labute approximate surface area is 158 Å². The van der Waals surface area contributed by atoms with E-state index in [4.69, 9.17) is 0 Å². The Bertz CT molecular complexity index is 1200. The second kappa shape index (κ2) is 6.30. The van der Waals surface area contributed by atoms with Crippen molar-refractivity contribution in [3.63, 3.8) is 0 Å². The Morgan fingerprint density at radius 2 is 1.04 bits per heavy atom. The molecule has 0 bridgehead atoms. The summed E-state index contributed by atoms with van der Waals surface area (Å²) < 4.78 is 2.34. The standard InChI is InChI=1S/C26H19N/c1-2-19-11-13-20(14-12-19)21-15-17-22(18-16-21)27-25-9-5-3-7-23(25)24-8-4-6-10-26(24)27/h2-18H,1H2. The topological polar surface area (TPSA) is 4.93 Å².